The molecule has 0 bridgehead atoms. The molecule has 0 radical (unpaired) electrons. The second-order valence-electron chi connectivity index (χ2n) is 4.56. The van der Waals surface area contributed by atoms with Crippen molar-refractivity contribution in [2.24, 2.45) is 0 Å². The van der Waals surface area contributed by atoms with Gasteiger partial charge < -0.3 is 4.84 Å². The van der Waals surface area contributed by atoms with E-state index in [1.165, 1.54) is 0 Å². The first kappa shape index (κ1) is 11.8. The third-order valence-electron chi connectivity index (χ3n) is 3.07. The molecule has 4 heteroatoms. The molecule has 1 aliphatic heterocycles. The summed E-state index contributed by atoms with van der Waals surface area (Å²) in [6, 6.07) is 7.01. The first-order valence-corrected chi connectivity index (χ1v) is 5.72. The van der Waals surface area contributed by atoms with Crippen molar-refractivity contribution >= 4 is 12.1 Å². The van der Waals surface area contributed by atoms with Crippen LogP contribution in [0.3, 0.4) is 0 Å². The lowest BCUT2D eigenvalue weighted by atomic mass is 10.1. The van der Waals surface area contributed by atoms with Gasteiger partial charge in [-0.15, -0.1) is 4.65 Å². The Morgan fingerprint density at radius 1 is 1.18 bits per heavy atom. The van der Waals surface area contributed by atoms with Crippen LogP contribution in [0.4, 0.5) is 0 Å². The average molecular weight is 234 g/mol. The van der Waals surface area contributed by atoms with E-state index in [9.17, 15) is 9.59 Å². The Morgan fingerprint density at radius 3 is 2.29 bits per heavy atom. The van der Waals surface area contributed by atoms with Crippen molar-refractivity contribution in [3.8, 4) is 5.75 Å². The van der Waals surface area contributed by atoms with Crippen molar-refractivity contribution in [2.45, 2.75) is 12.8 Å². The Kier molecular flexibility index (Phi) is 3.24. The van der Waals surface area contributed by atoms with Crippen molar-refractivity contribution in [1.82, 2.24) is 0 Å². The van der Waals surface area contributed by atoms with Crippen LogP contribution in [0.2, 0.25) is 0 Å². The Bertz CT molecular complexity index is 415. The summed E-state index contributed by atoms with van der Waals surface area (Å²) in [6.07, 6.45) is 1.95. The standard InChI is InChI=1S/C13H16NO3/c1-14(8-6-12(16)7-9-14)17-13-4-2-11(10-15)3-5-13/h2-5,10H,6-9H2,1H3/q+1. The van der Waals surface area contributed by atoms with Gasteiger partial charge in [-0.25, -0.2) is 0 Å². The van der Waals surface area contributed by atoms with Gasteiger partial charge in [-0.1, -0.05) is 0 Å². The maximum Gasteiger partial charge on any atom is 0.190 e. The molecule has 0 N–H and O–H groups in total. The summed E-state index contributed by atoms with van der Waals surface area (Å²) in [7, 11) is 1.97. The predicted octanol–water partition coefficient (Wildman–Crippen LogP) is 1.60. The molecule has 0 aliphatic carbocycles. The number of quaternary nitrogens is 1. The van der Waals surface area contributed by atoms with E-state index in [0.717, 1.165) is 12.0 Å². The van der Waals surface area contributed by atoms with Gasteiger partial charge in [-0.05, 0) is 24.3 Å². The number of piperidine rings is 1. The molecule has 2 rings (SSSR count). The molecule has 0 spiro atoms. The molecule has 0 aromatic heterocycles. The number of carbonyl (C=O) groups excluding carboxylic acids is 2. The summed E-state index contributed by atoms with van der Waals surface area (Å²) in [5.74, 6) is 1.04. The van der Waals surface area contributed by atoms with Gasteiger partial charge in [-0.2, -0.15) is 0 Å². The third-order valence-corrected chi connectivity index (χ3v) is 3.07. The Hall–Kier alpha value is -1.68. The molecule has 0 atom stereocenters. The van der Waals surface area contributed by atoms with E-state index in [0.29, 0.717) is 41.9 Å². The van der Waals surface area contributed by atoms with Crippen molar-refractivity contribution in [1.29, 1.82) is 0 Å². The topological polar surface area (TPSA) is 43.4 Å². The highest BCUT2D eigenvalue weighted by molar-refractivity contribution is 5.79. The summed E-state index contributed by atoms with van der Waals surface area (Å²) in [5.41, 5.74) is 0.633. The number of Topliss-reactive ketones (excluding diaryl/α,β-unsaturated/α-hetero) is 1. The minimum Gasteiger partial charge on any atom is -0.316 e. The summed E-state index contributed by atoms with van der Waals surface area (Å²) >= 11 is 0. The lowest BCUT2D eigenvalue weighted by molar-refractivity contribution is -1.06. The fourth-order valence-electron chi connectivity index (χ4n) is 1.91. The monoisotopic (exact) mass is 234 g/mol. The maximum atomic E-state index is 11.2. The predicted molar refractivity (Wildman–Crippen MR) is 62.6 cm³/mol. The smallest absolute Gasteiger partial charge is 0.190 e. The first-order valence-electron chi connectivity index (χ1n) is 5.72. The molecule has 0 unspecified atom stereocenters. The highest BCUT2D eigenvalue weighted by Crippen LogP contribution is 2.20. The highest BCUT2D eigenvalue weighted by Gasteiger charge is 2.31. The summed E-state index contributed by atoms with van der Waals surface area (Å²) in [5, 5.41) is 0. The molecule has 90 valence electrons. The number of aldehydes is 1. The molecule has 4 nitrogen and oxygen atoms in total. The van der Waals surface area contributed by atoms with Crippen LogP contribution in [0.25, 0.3) is 0 Å². The number of hydrogen-bond acceptors (Lipinski definition) is 3. The van der Waals surface area contributed by atoms with E-state index in [1.54, 1.807) is 24.3 Å². The highest BCUT2D eigenvalue weighted by atomic mass is 16.7. The number of ketones is 1. The molecule has 1 aliphatic rings. The maximum absolute atomic E-state index is 11.2. The van der Waals surface area contributed by atoms with E-state index in [2.05, 4.69) is 0 Å². The normalized spacial score (nSPS) is 18.8. The Balaban J connectivity index is 2.04. The molecule has 1 heterocycles. The van der Waals surface area contributed by atoms with Crippen LogP contribution in [0.15, 0.2) is 24.3 Å². The lowest BCUT2D eigenvalue weighted by Crippen LogP contribution is -2.52. The van der Waals surface area contributed by atoms with Crippen molar-refractivity contribution < 1.29 is 19.1 Å². The van der Waals surface area contributed by atoms with Crippen molar-refractivity contribution in [3.63, 3.8) is 0 Å². The van der Waals surface area contributed by atoms with E-state index in [-0.39, 0.29) is 0 Å². The van der Waals surface area contributed by atoms with E-state index in [1.807, 2.05) is 7.05 Å². The van der Waals surface area contributed by atoms with E-state index >= 15 is 0 Å². The van der Waals surface area contributed by atoms with Crippen LogP contribution in [0, 0.1) is 0 Å². The molecule has 0 saturated carbocycles. The van der Waals surface area contributed by atoms with Crippen LogP contribution in [0.1, 0.15) is 23.2 Å². The van der Waals surface area contributed by atoms with Crippen LogP contribution in [-0.2, 0) is 4.79 Å². The average Bonchev–Trinajstić information content (AvgIpc) is 2.34. The zero-order chi connectivity index (χ0) is 12.3. The van der Waals surface area contributed by atoms with Gasteiger partial charge in [0, 0.05) is 5.56 Å². The second kappa shape index (κ2) is 4.67. The summed E-state index contributed by atoms with van der Waals surface area (Å²) < 4.78 is 0.423. The van der Waals surface area contributed by atoms with E-state index in [4.69, 9.17) is 4.84 Å². The van der Waals surface area contributed by atoms with Crippen molar-refractivity contribution in [3.05, 3.63) is 29.8 Å². The lowest BCUT2D eigenvalue weighted by Gasteiger charge is -2.34. The van der Waals surface area contributed by atoms with Gasteiger partial charge in [0.1, 0.15) is 32.2 Å². The van der Waals surface area contributed by atoms with Crippen molar-refractivity contribution in [2.75, 3.05) is 20.1 Å². The van der Waals surface area contributed by atoms with Gasteiger partial charge in [0.05, 0.1) is 12.8 Å². The molecule has 0 amide bonds. The Morgan fingerprint density at radius 2 is 1.76 bits per heavy atom. The number of hydroxylamine groups is 3. The summed E-state index contributed by atoms with van der Waals surface area (Å²) in [6.45, 7) is 1.41. The number of rotatable bonds is 3. The van der Waals surface area contributed by atoms with Gasteiger partial charge >= 0.3 is 0 Å². The molecule has 1 saturated heterocycles. The number of hydrogen-bond donors (Lipinski definition) is 0. The van der Waals surface area contributed by atoms with Crippen LogP contribution in [-0.4, -0.2) is 36.9 Å². The first-order chi connectivity index (χ1) is 8.11. The fourth-order valence-corrected chi connectivity index (χ4v) is 1.91. The number of benzene rings is 1. The molecular weight excluding hydrogens is 218 g/mol. The quantitative estimate of drug-likeness (QED) is 0.589. The van der Waals surface area contributed by atoms with Gasteiger partial charge in [0.2, 0.25) is 0 Å². The molecule has 1 aromatic rings. The van der Waals surface area contributed by atoms with Crippen LogP contribution < -0.4 is 4.84 Å². The van der Waals surface area contributed by atoms with E-state index < -0.39 is 0 Å². The minimum atomic E-state index is 0.306. The molecule has 17 heavy (non-hydrogen) atoms. The zero-order valence-corrected chi connectivity index (χ0v) is 9.89. The van der Waals surface area contributed by atoms with Crippen LogP contribution in [0.5, 0.6) is 5.75 Å². The minimum absolute atomic E-state index is 0.306. The van der Waals surface area contributed by atoms with Gasteiger partial charge in [0.25, 0.3) is 0 Å². The fraction of sp³-hybridized carbons (Fsp3) is 0.385. The number of nitrogens with zero attached hydrogens (tertiary/aromatic N) is 1. The second-order valence-corrected chi connectivity index (χ2v) is 4.56. The SMILES string of the molecule is C[N+]1(Oc2ccc(C=O)cc2)CCC(=O)CC1. The largest absolute Gasteiger partial charge is 0.316 e. The number of carbonyl (C=O) groups is 2. The van der Waals surface area contributed by atoms with Crippen LogP contribution >= 0.6 is 0 Å². The summed E-state index contributed by atoms with van der Waals surface area (Å²) in [4.78, 5) is 27.6. The zero-order valence-electron chi connectivity index (χ0n) is 9.89. The Labute approximate surface area is 100 Å². The third kappa shape index (κ3) is 2.91. The molecule has 1 aromatic carbocycles. The number of likely N-dealkylation sites (tertiary alicyclic amines) is 1. The molecule has 1 fully saturated rings. The van der Waals surface area contributed by atoms with Gasteiger partial charge in [-0.3, -0.25) is 9.59 Å². The van der Waals surface area contributed by atoms with Gasteiger partial charge in [0.15, 0.2) is 5.75 Å². The molecular formula is C13H16NO3+.